The highest BCUT2D eigenvalue weighted by Crippen LogP contribution is 2.17. The van der Waals surface area contributed by atoms with Gasteiger partial charge in [-0.1, -0.05) is 135 Å². The Bertz CT molecular complexity index is 611. The number of esters is 1. The van der Waals surface area contributed by atoms with Crippen molar-refractivity contribution in [3.05, 3.63) is 34.4 Å². The van der Waals surface area contributed by atoms with E-state index in [1.54, 1.807) is 0 Å². The van der Waals surface area contributed by atoms with Crippen LogP contribution in [0.15, 0.2) is 12.1 Å². The van der Waals surface area contributed by atoms with Crippen LogP contribution in [0.5, 0.6) is 0 Å². The van der Waals surface area contributed by atoms with Gasteiger partial charge in [0, 0.05) is 6.42 Å². The van der Waals surface area contributed by atoms with Gasteiger partial charge in [-0.15, -0.1) is 0 Å². The fourth-order valence-corrected chi connectivity index (χ4v) is 4.79. The Morgan fingerprint density at radius 3 is 1.32 bits per heavy atom. The lowest BCUT2D eigenvalue weighted by Crippen LogP contribution is -2.05. The minimum absolute atomic E-state index is 0.0529. The molecule has 1 aromatic rings. The number of benzene rings is 1. The Kier molecular flexibility index (Phi) is 19.0. The molecule has 0 N–H and O–H groups in total. The van der Waals surface area contributed by atoms with Crippen molar-refractivity contribution in [2.75, 3.05) is 0 Å². The summed E-state index contributed by atoms with van der Waals surface area (Å²) in [5.41, 5.74) is 4.96. The molecule has 0 radical (unpaired) electrons. The van der Waals surface area contributed by atoms with Crippen molar-refractivity contribution in [1.29, 1.82) is 0 Å². The van der Waals surface area contributed by atoms with Crippen molar-refractivity contribution in [3.63, 3.8) is 0 Å². The first kappa shape index (κ1) is 30.7. The van der Waals surface area contributed by atoms with Gasteiger partial charge in [-0.2, -0.15) is 0 Å². The number of carbonyl (C=O) groups is 1. The monoisotopic (exact) mass is 472 g/mol. The third-order valence-electron chi connectivity index (χ3n) is 7.37. The summed E-state index contributed by atoms with van der Waals surface area (Å²) in [5, 5.41) is 0. The average molecular weight is 473 g/mol. The Hall–Kier alpha value is -1.31. The largest absolute Gasteiger partial charge is 0.461 e. The zero-order valence-corrected chi connectivity index (χ0v) is 23.3. The second-order valence-electron chi connectivity index (χ2n) is 10.6. The van der Waals surface area contributed by atoms with Crippen molar-refractivity contribution in [1.82, 2.24) is 0 Å². The molecule has 0 aliphatic carbocycles. The van der Waals surface area contributed by atoms with Crippen LogP contribution in [-0.4, -0.2) is 5.97 Å². The molecule has 0 aliphatic heterocycles. The smallest absolute Gasteiger partial charge is 0.306 e. The number of carbonyl (C=O) groups excluding carboxylic acids is 1. The highest BCUT2D eigenvalue weighted by Gasteiger charge is 2.06. The van der Waals surface area contributed by atoms with E-state index >= 15 is 0 Å². The summed E-state index contributed by atoms with van der Waals surface area (Å²) in [7, 11) is 0. The molecule has 0 atom stereocenters. The molecule has 1 aromatic carbocycles. The van der Waals surface area contributed by atoms with E-state index < -0.39 is 0 Å². The highest BCUT2D eigenvalue weighted by molar-refractivity contribution is 5.69. The summed E-state index contributed by atoms with van der Waals surface area (Å²) in [6, 6.07) is 4.26. The van der Waals surface area contributed by atoms with Crippen LogP contribution < -0.4 is 0 Å². The molecule has 2 heteroatoms. The fourth-order valence-electron chi connectivity index (χ4n) is 4.79. The molecule has 0 aliphatic rings. The van der Waals surface area contributed by atoms with Gasteiger partial charge in [-0.25, -0.2) is 0 Å². The number of rotatable bonds is 22. The number of hydrogen-bond acceptors (Lipinski definition) is 2. The van der Waals surface area contributed by atoms with E-state index in [2.05, 4.69) is 39.8 Å². The summed E-state index contributed by atoms with van der Waals surface area (Å²) in [6.45, 7) is 9.07. The number of hydrogen-bond donors (Lipinski definition) is 0. The molecule has 34 heavy (non-hydrogen) atoms. The maximum atomic E-state index is 12.0. The van der Waals surface area contributed by atoms with E-state index in [1.165, 1.54) is 126 Å². The molecule has 0 amide bonds. The molecule has 0 fully saturated rings. The molecular formula is C32H56O2. The van der Waals surface area contributed by atoms with Crippen LogP contribution in [0, 0.1) is 20.8 Å². The van der Waals surface area contributed by atoms with Crippen molar-refractivity contribution in [2.24, 2.45) is 0 Å². The zero-order valence-electron chi connectivity index (χ0n) is 23.3. The molecule has 196 valence electrons. The van der Waals surface area contributed by atoms with Gasteiger partial charge in [0.05, 0.1) is 0 Å². The van der Waals surface area contributed by atoms with Crippen LogP contribution in [0.3, 0.4) is 0 Å². The molecule has 0 bridgehead atoms. The van der Waals surface area contributed by atoms with Gasteiger partial charge in [-0.3, -0.25) is 4.79 Å². The SMILES string of the molecule is CCCCCCCCCCCCCCCCCCCCCC(=O)OCc1cc(C)c(C)c(C)c1. The normalized spacial score (nSPS) is 11.2. The van der Waals surface area contributed by atoms with E-state index in [1.807, 2.05) is 0 Å². The standard InChI is InChI=1S/C32H56O2/c1-5-6-7-8-9-10-11-12-13-14-15-16-17-18-19-20-21-22-23-24-32(33)34-27-31-25-28(2)30(4)29(3)26-31/h25-26H,5-24,27H2,1-4H3. The number of ether oxygens (including phenoxy) is 1. The van der Waals surface area contributed by atoms with Crippen LogP contribution in [0.25, 0.3) is 0 Å². The van der Waals surface area contributed by atoms with Crippen LogP contribution in [0.1, 0.15) is 158 Å². The lowest BCUT2D eigenvalue weighted by Gasteiger charge is -2.10. The molecule has 2 nitrogen and oxygen atoms in total. The summed E-state index contributed by atoms with van der Waals surface area (Å²) in [5.74, 6) is -0.0529. The van der Waals surface area contributed by atoms with E-state index in [0.717, 1.165) is 18.4 Å². The first-order valence-electron chi connectivity index (χ1n) is 14.8. The second-order valence-corrected chi connectivity index (χ2v) is 10.6. The molecule has 0 unspecified atom stereocenters. The van der Waals surface area contributed by atoms with Gasteiger partial charge in [0.25, 0.3) is 0 Å². The molecule has 0 heterocycles. The van der Waals surface area contributed by atoms with Gasteiger partial charge >= 0.3 is 5.97 Å². The van der Waals surface area contributed by atoms with Crippen LogP contribution in [-0.2, 0) is 16.1 Å². The van der Waals surface area contributed by atoms with Gasteiger partial charge in [0.2, 0.25) is 0 Å². The maximum absolute atomic E-state index is 12.0. The Balaban J connectivity index is 1.82. The number of unbranched alkanes of at least 4 members (excludes halogenated alkanes) is 18. The summed E-state index contributed by atoms with van der Waals surface area (Å²) in [6.07, 6.45) is 26.6. The Morgan fingerprint density at radius 2 is 0.941 bits per heavy atom. The van der Waals surface area contributed by atoms with Crippen molar-refractivity contribution < 1.29 is 9.53 Å². The predicted molar refractivity (Wildman–Crippen MR) is 148 cm³/mol. The zero-order chi connectivity index (χ0) is 24.9. The Morgan fingerprint density at radius 1 is 0.588 bits per heavy atom. The molecule has 1 rings (SSSR count). The molecular weight excluding hydrogens is 416 g/mol. The van der Waals surface area contributed by atoms with Gasteiger partial charge < -0.3 is 4.74 Å². The Labute approximate surface area is 212 Å². The fraction of sp³-hybridized carbons (Fsp3) is 0.781. The summed E-state index contributed by atoms with van der Waals surface area (Å²) < 4.78 is 5.48. The van der Waals surface area contributed by atoms with Crippen molar-refractivity contribution >= 4 is 5.97 Å². The van der Waals surface area contributed by atoms with Gasteiger partial charge in [0.15, 0.2) is 0 Å². The summed E-state index contributed by atoms with van der Waals surface area (Å²) in [4.78, 5) is 12.0. The quantitative estimate of drug-likeness (QED) is 0.124. The third kappa shape index (κ3) is 16.3. The lowest BCUT2D eigenvalue weighted by molar-refractivity contribution is -0.145. The van der Waals surface area contributed by atoms with Gasteiger partial charge in [-0.05, 0) is 49.4 Å². The van der Waals surface area contributed by atoms with E-state index in [9.17, 15) is 4.79 Å². The van der Waals surface area contributed by atoms with Gasteiger partial charge in [0.1, 0.15) is 6.61 Å². The van der Waals surface area contributed by atoms with E-state index in [0.29, 0.717) is 13.0 Å². The predicted octanol–water partition coefficient (Wildman–Crippen LogP) is 10.5. The minimum Gasteiger partial charge on any atom is -0.461 e. The molecule has 0 aromatic heterocycles. The van der Waals surface area contributed by atoms with Crippen LogP contribution in [0.2, 0.25) is 0 Å². The van der Waals surface area contributed by atoms with E-state index in [4.69, 9.17) is 4.74 Å². The van der Waals surface area contributed by atoms with Crippen LogP contribution >= 0.6 is 0 Å². The summed E-state index contributed by atoms with van der Waals surface area (Å²) >= 11 is 0. The molecule has 0 saturated carbocycles. The first-order chi connectivity index (χ1) is 16.5. The molecule has 0 spiro atoms. The average Bonchev–Trinajstić information content (AvgIpc) is 2.82. The number of aryl methyl sites for hydroxylation is 2. The molecule has 0 saturated heterocycles. The third-order valence-corrected chi connectivity index (χ3v) is 7.37. The highest BCUT2D eigenvalue weighted by atomic mass is 16.5. The second kappa shape index (κ2) is 21.0. The maximum Gasteiger partial charge on any atom is 0.306 e. The first-order valence-corrected chi connectivity index (χ1v) is 14.8. The lowest BCUT2D eigenvalue weighted by atomic mass is 10.0. The minimum atomic E-state index is -0.0529. The van der Waals surface area contributed by atoms with Crippen molar-refractivity contribution in [2.45, 2.75) is 163 Å². The topological polar surface area (TPSA) is 26.3 Å². The van der Waals surface area contributed by atoms with Crippen molar-refractivity contribution in [3.8, 4) is 0 Å². The van der Waals surface area contributed by atoms with E-state index in [-0.39, 0.29) is 5.97 Å². The van der Waals surface area contributed by atoms with Crippen LogP contribution in [0.4, 0.5) is 0 Å².